The third kappa shape index (κ3) is 2.04. The van der Waals surface area contributed by atoms with E-state index in [0.717, 1.165) is 12.1 Å². The highest BCUT2D eigenvalue weighted by Crippen LogP contribution is 2.23. The topological polar surface area (TPSA) is 27.1 Å². The molecule has 1 aliphatic rings. The normalized spacial score (nSPS) is 25.6. The molecule has 0 aliphatic carbocycles. The smallest absolute Gasteiger partial charge is 0.128 e. The van der Waals surface area contributed by atoms with E-state index in [0.29, 0.717) is 17.8 Å². The molecule has 0 radical (unpaired) electrons. The number of benzene rings is 1. The van der Waals surface area contributed by atoms with Gasteiger partial charge < -0.3 is 4.90 Å². The van der Waals surface area contributed by atoms with E-state index < -0.39 is 0 Å². The molecule has 1 aromatic carbocycles. The van der Waals surface area contributed by atoms with Crippen molar-refractivity contribution in [2.24, 2.45) is 5.92 Å². The van der Waals surface area contributed by atoms with Gasteiger partial charge in [0.15, 0.2) is 0 Å². The fourth-order valence-electron chi connectivity index (χ4n) is 2.37. The van der Waals surface area contributed by atoms with E-state index in [9.17, 15) is 0 Å². The predicted octanol–water partition coefficient (Wildman–Crippen LogP) is 2.74. The molecule has 0 aromatic heterocycles. The molecule has 2 atom stereocenters. The molecule has 2 nitrogen and oxygen atoms in total. The fraction of sp³-hybridized carbons (Fsp3) is 0.462. The molecule has 1 fully saturated rings. The van der Waals surface area contributed by atoms with Gasteiger partial charge in [0.25, 0.3) is 0 Å². The first kappa shape index (κ1) is 10.2. The number of nitrogens with zero attached hydrogens (tertiary/aromatic N) is 1. The lowest BCUT2D eigenvalue weighted by Gasteiger charge is -2.24. The predicted molar refractivity (Wildman–Crippen MR) is 63.2 cm³/mol. The monoisotopic (exact) mass is 202 g/mol. The van der Waals surface area contributed by atoms with Crippen LogP contribution >= 0.6 is 0 Å². The maximum atomic E-state index is 8.17. The second kappa shape index (κ2) is 4.05. The summed E-state index contributed by atoms with van der Waals surface area (Å²) in [5, 5.41) is 8.17. The molecular weight excluding hydrogens is 184 g/mol. The molecule has 1 aromatic rings. The number of amidine groups is 1. The highest BCUT2D eigenvalue weighted by atomic mass is 15.2. The molecule has 1 N–H and O–H groups in total. The molecule has 1 aliphatic heterocycles. The van der Waals surface area contributed by atoms with E-state index in [2.05, 4.69) is 18.7 Å². The summed E-state index contributed by atoms with van der Waals surface area (Å²) in [7, 11) is 0. The molecule has 2 rings (SSSR count). The highest BCUT2D eigenvalue weighted by molar-refractivity contribution is 5.96. The Morgan fingerprint density at radius 2 is 1.93 bits per heavy atom. The minimum absolute atomic E-state index is 0.507. The van der Waals surface area contributed by atoms with Crippen LogP contribution in [0, 0.1) is 11.3 Å². The van der Waals surface area contributed by atoms with Gasteiger partial charge in [-0.25, -0.2) is 0 Å². The van der Waals surface area contributed by atoms with E-state index >= 15 is 0 Å². The van der Waals surface area contributed by atoms with Crippen LogP contribution in [0.4, 0.5) is 0 Å². The average Bonchev–Trinajstić information content (AvgIpc) is 2.58. The van der Waals surface area contributed by atoms with Gasteiger partial charge in [-0.3, -0.25) is 5.41 Å². The molecular formula is C13H18N2. The van der Waals surface area contributed by atoms with Gasteiger partial charge in [0.1, 0.15) is 5.84 Å². The third-order valence-corrected chi connectivity index (χ3v) is 3.12. The molecule has 0 amide bonds. The largest absolute Gasteiger partial charge is 0.354 e. The second-order valence-electron chi connectivity index (χ2n) is 4.56. The molecule has 2 unspecified atom stereocenters. The first-order valence-corrected chi connectivity index (χ1v) is 5.59. The Morgan fingerprint density at radius 1 is 1.27 bits per heavy atom. The van der Waals surface area contributed by atoms with Gasteiger partial charge in [0.05, 0.1) is 0 Å². The number of hydrogen-bond donors (Lipinski definition) is 1. The van der Waals surface area contributed by atoms with E-state index in [-0.39, 0.29) is 0 Å². The minimum Gasteiger partial charge on any atom is -0.354 e. The van der Waals surface area contributed by atoms with Crippen molar-refractivity contribution < 1.29 is 0 Å². The summed E-state index contributed by atoms with van der Waals surface area (Å²) in [5.41, 5.74) is 1.03. The molecule has 0 bridgehead atoms. The lowest BCUT2D eigenvalue weighted by Crippen LogP contribution is -2.33. The number of rotatable bonds is 1. The van der Waals surface area contributed by atoms with E-state index in [1.165, 1.54) is 6.42 Å². The summed E-state index contributed by atoms with van der Waals surface area (Å²) in [6.07, 6.45) is 1.20. The van der Waals surface area contributed by atoms with E-state index in [1.54, 1.807) is 0 Å². The number of nitrogens with one attached hydrogen (secondary N) is 1. The third-order valence-electron chi connectivity index (χ3n) is 3.12. The Labute approximate surface area is 91.4 Å². The van der Waals surface area contributed by atoms with Crippen LogP contribution in [0.3, 0.4) is 0 Å². The van der Waals surface area contributed by atoms with Crippen molar-refractivity contribution in [1.29, 1.82) is 5.41 Å². The molecule has 2 heteroatoms. The fourth-order valence-corrected chi connectivity index (χ4v) is 2.37. The summed E-state index contributed by atoms with van der Waals surface area (Å²) in [6.45, 7) is 5.49. The van der Waals surface area contributed by atoms with Crippen molar-refractivity contribution in [3.05, 3.63) is 35.9 Å². The van der Waals surface area contributed by atoms with Crippen molar-refractivity contribution in [1.82, 2.24) is 4.90 Å². The van der Waals surface area contributed by atoms with Gasteiger partial charge in [-0.05, 0) is 19.3 Å². The van der Waals surface area contributed by atoms with Gasteiger partial charge in [-0.1, -0.05) is 37.3 Å². The maximum Gasteiger partial charge on any atom is 0.128 e. The van der Waals surface area contributed by atoms with Crippen LogP contribution in [0.15, 0.2) is 30.3 Å². The molecule has 80 valence electrons. The number of hydrogen-bond acceptors (Lipinski definition) is 1. The zero-order valence-corrected chi connectivity index (χ0v) is 9.40. The van der Waals surface area contributed by atoms with Crippen LogP contribution in [-0.2, 0) is 0 Å². The van der Waals surface area contributed by atoms with Gasteiger partial charge >= 0.3 is 0 Å². The molecule has 0 spiro atoms. The van der Waals surface area contributed by atoms with Gasteiger partial charge in [0.2, 0.25) is 0 Å². The number of likely N-dealkylation sites (tertiary alicyclic amines) is 1. The average molecular weight is 202 g/mol. The Morgan fingerprint density at radius 3 is 2.47 bits per heavy atom. The van der Waals surface area contributed by atoms with Crippen LogP contribution in [-0.4, -0.2) is 23.3 Å². The quantitative estimate of drug-likeness (QED) is 0.550. The van der Waals surface area contributed by atoms with Crippen LogP contribution in [0.5, 0.6) is 0 Å². The first-order chi connectivity index (χ1) is 7.18. The Bertz CT molecular complexity index is 345. The van der Waals surface area contributed by atoms with Crippen LogP contribution in [0.1, 0.15) is 25.8 Å². The zero-order valence-electron chi connectivity index (χ0n) is 9.40. The van der Waals surface area contributed by atoms with Crippen molar-refractivity contribution in [3.8, 4) is 0 Å². The lowest BCUT2D eigenvalue weighted by molar-refractivity contribution is 0.410. The van der Waals surface area contributed by atoms with Gasteiger partial charge in [-0.15, -0.1) is 0 Å². The summed E-state index contributed by atoms with van der Waals surface area (Å²) in [4.78, 5) is 2.21. The Kier molecular flexibility index (Phi) is 2.76. The highest BCUT2D eigenvalue weighted by Gasteiger charge is 2.28. The molecule has 0 saturated carbocycles. The Balaban J connectivity index is 2.15. The van der Waals surface area contributed by atoms with Gasteiger partial charge in [0, 0.05) is 18.2 Å². The van der Waals surface area contributed by atoms with Crippen molar-refractivity contribution >= 4 is 5.84 Å². The standard InChI is InChI=1S/C13H18N2/c1-10-8-11(2)15(9-10)13(14)12-6-4-3-5-7-12/h3-7,10-11,14H,8-9H2,1-2H3. The zero-order chi connectivity index (χ0) is 10.8. The SMILES string of the molecule is CC1CC(C)N(C(=N)c2ccccc2)C1. The molecule has 1 heterocycles. The Hall–Kier alpha value is -1.31. The van der Waals surface area contributed by atoms with Crippen molar-refractivity contribution in [3.63, 3.8) is 0 Å². The summed E-state index contributed by atoms with van der Waals surface area (Å²) >= 11 is 0. The summed E-state index contributed by atoms with van der Waals surface area (Å²) in [6, 6.07) is 10.5. The summed E-state index contributed by atoms with van der Waals surface area (Å²) in [5.74, 6) is 1.39. The molecule has 15 heavy (non-hydrogen) atoms. The van der Waals surface area contributed by atoms with E-state index in [1.807, 2.05) is 30.3 Å². The molecule has 1 saturated heterocycles. The van der Waals surface area contributed by atoms with Crippen LogP contribution in [0.2, 0.25) is 0 Å². The maximum absolute atomic E-state index is 8.17. The van der Waals surface area contributed by atoms with Crippen molar-refractivity contribution in [2.45, 2.75) is 26.3 Å². The summed E-state index contributed by atoms with van der Waals surface area (Å²) < 4.78 is 0. The first-order valence-electron chi connectivity index (χ1n) is 5.59. The van der Waals surface area contributed by atoms with E-state index in [4.69, 9.17) is 5.41 Å². The minimum atomic E-state index is 0.507. The second-order valence-corrected chi connectivity index (χ2v) is 4.56. The van der Waals surface area contributed by atoms with Crippen LogP contribution < -0.4 is 0 Å². The van der Waals surface area contributed by atoms with Crippen LogP contribution in [0.25, 0.3) is 0 Å². The van der Waals surface area contributed by atoms with Gasteiger partial charge in [-0.2, -0.15) is 0 Å². The van der Waals surface area contributed by atoms with Crippen molar-refractivity contribution in [2.75, 3.05) is 6.54 Å². The lowest BCUT2D eigenvalue weighted by atomic mass is 10.1.